The van der Waals surface area contributed by atoms with Gasteiger partial charge in [-0.15, -0.1) is 0 Å². The summed E-state index contributed by atoms with van der Waals surface area (Å²) in [5.74, 6) is -1.26. The summed E-state index contributed by atoms with van der Waals surface area (Å²) in [6, 6.07) is 18.8. The van der Waals surface area contributed by atoms with Crippen LogP contribution in [0.3, 0.4) is 0 Å². The molecule has 1 atom stereocenters. The van der Waals surface area contributed by atoms with E-state index < -0.39 is 17.9 Å². The van der Waals surface area contributed by atoms with Crippen LogP contribution in [0.1, 0.15) is 17.5 Å². The maximum absolute atomic E-state index is 12.1. The van der Waals surface area contributed by atoms with Crippen molar-refractivity contribution >= 4 is 24.6 Å². The van der Waals surface area contributed by atoms with Gasteiger partial charge >= 0.3 is 11.9 Å². The summed E-state index contributed by atoms with van der Waals surface area (Å²) in [5.41, 5.74) is 1.80. The van der Waals surface area contributed by atoms with Crippen molar-refractivity contribution in [2.24, 2.45) is 5.92 Å². The Bertz CT molecular complexity index is 643. The molecule has 0 spiro atoms. The van der Waals surface area contributed by atoms with Crippen LogP contribution in [0.4, 0.5) is 0 Å². The third-order valence-corrected chi connectivity index (χ3v) is 3.87. The number of esters is 2. The molecule has 2 aromatic carbocycles. The molecule has 0 bridgehead atoms. The van der Waals surface area contributed by atoms with Crippen molar-refractivity contribution in [3.05, 3.63) is 71.8 Å². The maximum atomic E-state index is 12.1. The number of hydrogen-bond acceptors (Lipinski definition) is 5. The smallest absolute Gasteiger partial charge is 0.310 e. The summed E-state index contributed by atoms with van der Waals surface area (Å²) in [4.78, 5) is 24.0. The van der Waals surface area contributed by atoms with Crippen molar-refractivity contribution in [1.29, 1.82) is 0 Å². The lowest BCUT2D eigenvalue weighted by atomic mass is 10.1. The first kappa shape index (κ1) is 18.1. The minimum absolute atomic E-state index is 0.0377. The summed E-state index contributed by atoms with van der Waals surface area (Å²) in [7, 11) is 0. The molecule has 0 aliphatic carbocycles. The van der Waals surface area contributed by atoms with Crippen LogP contribution in [0.5, 0.6) is 0 Å². The largest absolute Gasteiger partial charge is 0.461 e. The molecule has 126 valence electrons. The molecule has 4 nitrogen and oxygen atoms in total. The Balaban J connectivity index is 1.77. The standard InChI is InChI=1S/C19H20O4S/c20-18(22-12-15-7-3-1-4-8-15)11-17(14-24)19(21)23-13-16-9-5-2-6-10-16/h1-10,17,24H,11-14H2/t17-/m0/s1. The first-order valence-electron chi connectivity index (χ1n) is 7.70. The van der Waals surface area contributed by atoms with Crippen molar-refractivity contribution in [2.75, 3.05) is 5.75 Å². The van der Waals surface area contributed by atoms with Crippen molar-refractivity contribution in [3.63, 3.8) is 0 Å². The van der Waals surface area contributed by atoms with E-state index in [2.05, 4.69) is 12.6 Å². The quantitative estimate of drug-likeness (QED) is 0.589. The van der Waals surface area contributed by atoms with Crippen LogP contribution < -0.4 is 0 Å². The van der Waals surface area contributed by atoms with Gasteiger partial charge in [0.05, 0.1) is 12.3 Å². The monoisotopic (exact) mass is 344 g/mol. The normalized spacial score (nSPS) is 11.5. The molecular formula is C19H20O4S. The fourth-order valence-corrected chi connectivity index (χ4v) is 2.35. The molecule has 0 N–H and O–H groups in total. The molecule has 0 saturated heterocycles. The number of thiol groups is 1. The van der Waals surface area contributed by atoms with Crippen LogP contribution in [0.15, 0.2) is 60.7 Å². The van der Waals surface area contributed by atoms with Gasteiger partial charge in [-0.05, 0) is 11.1 Å². The number of ether oxygens (including phenoxy) is 2. The summed E-state index contributed by atoms with van der Waals surface area (Å²) in [6.07, 6.45) is -0.0377. The zero-order valence-corrected chi connectivity index (χ0v) is 14.2. The number of rotatable bonds is 8. The molecule has 0 aliphatic rings. The van der Waals surface area contributed by atoms with E-state index in [0.29, 0.717) is 0 Å². The molecule has 2 aromatic rings. The second-order valence-corrected chi connectivity index (χ2v) is 5.69. The van der Waals surface area contributed by atoms with Gasteiger partial charge in [0.1, 0.15) is 13.2 Å². The molecular weight excluding hydrogens is 324 g/mol. The maximum Gasteiger partial charge on any atom is 0.310 e. The molecule has 0 heterocycles. The SMILES string of the molecule is O=C(C[C@@H](CS)C(=O)OCc1ccccc1)OCc1ccccc1. The minimum Gasteiger partial charge on any atom is -0.461 e. The number of hydrogen-bond donors (Lipinski definition) is 1. The molecule has 0 radical (unpaired) electrons. The zero-order valence-electron chi connectivity index (χ0n) is 13.3. The summed E-state index contributed by atoms with van der Waals surface area (Å²) in [5, 5.41) is 0. The molecule has 2 rings (SSSR count). The Hall–Kier alpha value is -2.27. The van der Waals surface area contributed by atoms with E-state index in [-0.39, 0.29) is 25.4 Å². The lowest BCUT2D eigenvalue weighted by molar-refractivity contribution is -0.155. The van der Waals surface area contributed by atoms with Gasteiger partial charge in [-0.25, -0.2) is 0 Å². The van der Waals surface area contributed by atoms with E-state index in [4.69, 9.17) is 9.47 Å². The average molecular weight is 344 g/mol. The summed E-state index contributed by atoms with van der Waals surface area (Å²) in [6.45, 7) is 0.376. The molecule has 0 amide bonds. The molecule has 0 aliphatic heterocycles. The topological polar surface area (TPSA) is 52.6 Å². The molecule has 0 unspecified atom stereocenters. The number of benzene rings is 2. The average Bonchev–Trinajstić information content (AvgIpc) is 2.64. The Kier molecular flexibility index (Phi) is 7.36. The predicted octanol–water partition coefficient (Wildman–Crippen LogP) is 3.41. The highest BCUT2D eigenvalue weighted by molar-refractivity contribution is 7.80. The Labute approximate surface area is 147 Å². The van der Waals surface area contributed by atoms with E-state index in [0.717, 1.165) is 11.1 Å². The fraction of sp³-hybridized carbons (Fsp3) is 0.263. The highest BCUT2D eigenvalue weighted by Gasteiger charge is 2.23. The summed E-state index contributed by atoms with van der Waals surface area (Å²) < 4.78 is 10.4. The number of carbonyl (C=O) groups is 2. The highest BCUT2D eigenvalue weighted by Crippen LogP contribution is 2.12. The van der Waals surface area contributed by atoms with Crippen molar-refractivity contribution in [3.8, 4) is 0 Å². The predicted molar refractivity (Wildman–Crippen MR) is 94.4 cm³/mol. The Morgan fingerprint density at radius 1 is 0.833 bits per heavy atom. The van der Waals surface area contributed by atoms with E-state index in [9.17, 15) is 9.59 Å². The highest BCUT2D eigenvalue weighted by atomic mass is 32.1. The minimum atomic E-state index is -0.611. The Morgan fingerprint density at radius 2 is 1.33 bits per heavy atom. The number of carbonyl (C=O) groups excluding carboxylic acids is 2. The third-order valence-electron chi connectivity index (χ3n) is 3.43. The van der Waals surface area contributed by atoms with Crippen LogP contribution in [0.25, 0.3) is 0 Å². The van der Waals surface area contributed by atoms with Crippen molar-refractivity contribution in [2.45, 2.75) is 19.6 Å². The van der Waals surface area contributed by atoms with E-state index >= 15 is 0 Å². The molecule has 24 heavy (non-hydrogen) atoms. The van der Waals surface area contributed by atoms with E-state index in [1.165, 1.54) is 0 Å². The molecule has 0 aromatic heterocycles. The Morgan fingerprint density at radius 3 is 1.83 bits per heavy atom. The molecule has 5 heteroatoms. The summed E-state index contributed by atoms with van der Waals surface area (Å²) >= 11 is 4.14. The van der Waals surface area contributed by atoms with Gasteiger partial charge in [-0.1, -0.05) is 60.7 Å². The second kappa shape index (κ2) is 9.78. The van der Waals surface area contributed by atoms with Crippen LogP contribution in [0.2, 0.25) is 0 Å². The van der Waals surface area contributed by atoms with Gasteiger partial charge in [0.15, 0.2) is 0 Å². The van der Waals surface area contributed by atoms with Gasteiger partial charge in [-0.3, -0.25) is 9.59 Å². The zero-order chi connectivity index (χ0) is 17.2. The lowest BCUT2D eigenvalue weighted by Gasteiger charge is -2.13. The van der Waals surface area contributed by atoms with E-state index in [1.54, 1.807) is 0 Å². The first-order chi connectivity index (χ1) is 11.7. The fourth-order valence-electron chi connectivity index (χ4n) is 2.07. The van der Waals surface area contributed by atoms with Crippen LogP contribution in [0, 0.1) is 5.92 Å². The molecule has 0 saturated carbocycles. The van der Waals surface area contributed by atoms with Gasteiger partial charge in [0.2, 0.25) is 0 Å². The van der Waals surface area contributed by atoms with Gasteiger partial charge < -0.3 is 9.47 Å². The third kappa shape index (κ3) is 6.08. The van der Waals surface area contributed by atoms with Gasteiger partial charge in [0.25, 0.3) is 0 Å². The van der Waals surface area contributed by atoms with Crippen LogP contribution in [-0.2, 0) is 32.3 Å². The molecule has 0 fully saturated rings. The van der Waals surface area contributed by atoms with Gasteiger partial charge in [0, 0.05) is 5.75 Å². The van der Waals surface area contributed by atoms with Crippen molar-refractivity contribution < 1.29 is 19.1 Å². The van der Waals surface area contributed by atoms with Crippen molar-refractivity contribution in [1.82, 2.24) is 0 Å². The second-order valence-electron chi connectivity index (χ2n) is 5.32. The van der Waals surface area contributed by atoms with E-state index in [1.807, 2.05) is 60.7 Å². The van der Waals surface area contributed by atoms with Crippen LogP contribution in [-0.4, -0.2) is 17.7 Å². The lowest BCUT2D eigenvalue weighted by Crippen LogP contribution is -2.23. The van der Waals surface area contributed by atoms with Crippen LogP contribution >= 0.6 is 12.6 Å². The first-order valence-corrected chi connectivity index (χ1v) is 8.33. The van der Waals surface area contributed by atoms with Gasteiger partial charge in [-0.2, -0.15) is 12.6 Å².